The van der Waals surface area contributed by atoms with Crippen molar-refractivity contribution in [2.75, 3.05) is 5.43 Å². The lowest BCUT2D eigenvalue weighted by atomic mass is 10.2. The molecule has 2 nitrogen and oxygen atoms in total. The van der Waals surface area contributed by atoms with E-state index in [1.54, 1.807) is 5.43 Å². The number of nitrogen functional groups attached to an aromatic ring is 1. The first-order valence-electron chi connectivity index (χ1n) is 4.07. The van der Waals surface area contributed by atoms with Crippen molar-refractivity contribution in [3.8, 4) is 0 Å². The maximum Gasteiger partial charge on any atom is 0.446 e. The number of hydrazine groups is 1. The molecule has 0 fully saturated rings. The molecule has 0 bridgehead atoms. The number of anilines is 1. The van der Waals surface area contributed by atoms with Crippen molar-refractivity contribution in [1.29, 1.82) is 0 Å². The fourth-order valence-corrected chi connectivity index (χ4v) is 1.67. The lowest BCUT2D eigenvalue weighted by molar-refractivity contribution is -0.137. The van der Waals surface area contributed by atoms with Gasteiger partial charge in [-0.3, -0.25) is 5.84 Å². The van der Waals surface area contributed by atoms with Crippen LogP contribution in [0.3, 0.4) is 0 Å². The van der Waals surface area contributed by atoms with Crippen LogP contribution in [0.5, 0.6) is 0 Å². The molecule has 0 aliphatic rings. The van der Waals surface area contributed by atoms with Crippen LogP contribution in [-0.4, -0.2) is 5.51 Å². The molecule has 1 aromatic rings. The third-order valence-corrected chi connectivity index (χ3v) is 2.41. The van der Waals surface area contributed by atoms with E-state index < -0.39 is 34.7 Å². The van der Waals surface area contributed by atoms with E-state index in [-0.39, 0.29) is 4.90 Å². The van der Waals surface area contributed by atoms with Crippen molar-refractivity contribution < 1.29 is 26.3 Å². The summed E-state index contributed by atoms with van der Waals surface area (Å²) in [7, 11) is 0. The number of nitrogens with two attached hydrogens (primary N) is 1. The van der Waals surface area contributed by atoms with Crippen LogP contribution in [-0.2, 0) is 6.18 Å². The highest BCUT2D eigenvalue weighted by Crippen LogP contribution is 2.41. The molecular weight excluding hydrogens is 270 g/mol. The van der Waals surface area contributed by atoms with E-state index in [0.717, 1.165) is 6.07 Å². The quantitative estimate of drug-likeness (QED) is 0.375. The zero-order valence-corrected chi connectivity index (χ0v) is 8.80. The Hall–Kier alpha value is -1.09. The van der Waals surface area contributed by atoms with E-state index >= 15 is 0 Å². The van der Waals surface area contributed by atoms with Crippen molar-refractivity contribution >= 4 is 17.4 Å². The summed E-state index contributed by atoms with van der Waals surface area (Å²) in [6.07, 6.45) is -4.68. The van der Waals surface area contributed by atoms with Crippen molar-refractivity contribution in [2.24, 2.45) is 5.84 Å². The average Bonchev–Trinajstić information content (AvgIpc) is 2.13. The lowest BCUT2D eigenvalue weighted by Gasteiger charge is -2.14. The molecular formula is C8H6F6N2S. The van der Waals surface area contributed by atoms with Gasteiger partial charge in [-0.05, 0) is 30.0 Å². The van der Waals surface area contributed by atoms with Crippen molar-refractivity contribution in [3.63, 3.8) is 0 Å². The van der Waals surface area contributed by atoms with Gasteiger partial charge in [0.05, 0.1) is 11.3 Å². The Morgan fingerprint density at radius 1 is 1.06 bits per heavy atom. The zero-order valence-electron chi connectivity index (χ0n) is 7.99. The van der Waals surface area contributed by atoms with E-state index in [9.17, 15) is 26.3 Å². The monoisotopic (exact) mass is 276 g/mol. The van der Waals surface area contributed by atoms with Crippen LogP contribution in [0.1, 0.15) is 5.56 Å². The molecule has 17 heavy (non-hydrogen) atoms. The summed E-state index contributed by atoms with van der Waals surface area (Å²) in [6, 6.07) is 1.98. The Balaban J connectivity index is 3.09. The summed E-state index contributed by atoms with van der Waals surface area (Å²) < 4.78 is 73.1. The Morgan fingerprint density at radius 2 is 1.65 bits per heavy atom. The van der Waals surface area contributed by atoms with Gasteiger partial charge in [-0.2, -0.15) is 26.3 Å². The predicted molar refractivity (Wildman–Crippen MR) is 51.2 cm³/mol. The first-order valence-corrected chi connectivity index (χ1v) is 4.89. The predicted octanol–water partition coefficient (Wildman–Crippen LogP) is 3.60. The zero-order chi connectivity index (χ0) is 13.3. The fraction of sp³-hybridized carbons (Fsp3) is 0.250. The van der Waals surface area contributed by atoms with Crippen molar-refractivity contribution in [3.05, 3.63) is 23.8 Å². The summed E-state index contributed by atoms with van der Waals surface area (Å²) >= 11 is -0.513. The summed E-state index contributed by atoms with van der Waals surface area (Å²) in [6.45, 7) is 0. The van der Waals surface area contributed by atoms with Gasteiger partial charge in [0, 0.05) is 4.90 Å². The molecule has 0 saturated carbocycles. The lowest BCUT2D eigenvalue weighted by Crippen LogP contribution is -2.15. The number of rotatable bonds is 2. The number of thioether (sulfide) groups is 1. The molecule has 0 atom stereocenters. The van der Waals surface area contributed by atoms with E-state index in [1.165, 1.54) is 0 Å². The molecule has 0 unspecified atom stereocenters. The molecule has 0 radical (unpaired) electrons. The summed E-state index contributed by atoms with van der Waals surface area (Å²) in [5.41, 5.74) is -4.56. The van der Waals surface area contributed by atoms with Gasteiger partial charge in [0.15, 0.2) is 0 Å². The molecule has 0 spiro atoms. The maximum atomic E-state index is 12.4. The Kier molecular flexibility index (Phi) is 3.82. The molecule has 0 saturated heterocycles. The molecule has 3 N–H and O–H groups in total. The normalized spacial score (nSPS) is 12.6. The van der Waals surface area contributed by atoms with E-state index in [1.807, 2.05) is 0 Å². The van der Waals surface area contributed by atoms with Crippen LogP contribution in [0.25, 0.3) is 0 Å². The Labute approximate surface area is 96.1 Å². The number of hydrogen-bond acceptors (Lipinski definition) is 3. The molecule has 0 aliphatic carbocycles. The van der Waals surface area contributed by atoms with Crippen LogP contribution in [0.2, 0.25) is 0 Å². The second kappa shape index (κ2) is 4.65. The molecule has 0 aromatic heterocycles. The van der Waals surface area contributed by atoms with Gasteiger partial charge < -0.3 is 5.43 Å². The first kappa shape index (κ1) is 14.0. The minimum absolute atomic E-state index is 0.376. The van der Waals surface area contributed by atoms with Crippen LogP contribution in [0.4, 0.5) is 32.0 Å². The van der Waals surface area contributed by atoms with Crippen LogP contribution < -0.4 is 11.3 Å². The molecule has 0 aliphatic heterocycles. The minimum Gasteiger partial charge on any atom is -0.323 e. The number of alkyl halides is 6. The van der Waals surface area contributed by atoms with E-state index in [0.29, 0.717) is 12.1 Å². The number of benzene rings is 1. The topological polar surface area (TPSA) is 38.0 Å². The van der Waals surface area contributed by atoms with Gasteiger partial charge in [0.1, 0.15) is 0 Å². The van der Waals surface area contributed by atoms with Gasteiger partial charge >= 0.3 is 11.7 Å². The summed E-state index contributed by atoms with van der Waals surface area (Å²) in [5.74, 6) is 4.84. The molecule has 1 rings (SSSR count). The molecule has 0 heterocycles. The first-order chi connectivity index (χ1) is 7.63. The van der Waals surface area contributed by atoms with E-state index in [4.69, 9.17) is 5.84 Å². The number of halogens is 6. The van der Waals surface area contributed by atoms with Crippen molar-refractivity contribution in [2.45, 2.75) is 16.6 Å². The van der Waals surface area contributed by atoms with Gasteiger partial charge in [0.25, 0.3) is 0 Å². The highest BCUT2D eigenvalue weighted by molar-refractivity contribution is 8.00. The molecule has 1 aromatic carbocycles. The fourth-order valence-electron chi connectivity index (χ4n) is 1.09. The third-order valence-electron chi connectivity index (χ3n) is 1.69. The van der Waals surface area contributed by atoms with Gasteiger partial charge in [-0.15, -0.1) is 0 Å². The standard InChI is InChI=1S/C8H6F6N2S/c9-7(10,11)5-2-1-4(3-6(5)16-15)17-8(12,13)14/h1-3,16H,15H2. The van der Waals surface area contributed by atoms with Crippen LogP contribution >= 0.6 is 11.8 Å². The second-order valence-electron chi connectivity index (χ2n) is 2.90. The van der Waals surface area contributed by atoms with Gasteiger partial charge in [0.2, 0.25) is 0 Å². The van der Waals surface area contributed by atoms with E-state index in [2.05, 4.69) is 0 Å². The highest BCUT2D eigenvalue weighted by Gasteiger charge is 2.35. The van der Waals surface area contributed by atoms with Gasteiger partial charge in [-0.25, -0.2) is 0 Å². The number of nitrogens with one attached hydrogen (secondary N) is 1. The average molecular weight is 276 g/mol. The number of hydrogen-bond donors (Lipinski definition) is 2. The molecule has 96 valence electrons. The molecule has 9 heteroatoms. The van der Waals surface area contributed by atoms with Crippen LogP contribution in [0, 0.1) is 0 Å². The molecule has 0 amide bonds. The van der Waals surface area contributed by atoms with Crippen molar-refractivity contribution in [1.82, 2.24) is 0 Å². The van der Waals surface area contributed by atoms with Gasteiger partial charge in [-0.1, -0.05) is 0 Å². The smallest absolute Gasteiger partial charge is 0.323 e. The second-order valence-corrected chi connectivity index (χ2v) is 4.04. The summed E-state index contributed by atoms with van der Waals surface area (Å²) in [4.78, 5) is -0.376. The van der Waals surface area contributed by atoms with Crippen LogP contribution in [0.15, 0.2) is 23.1 Å². The maximum absolute atomic E-state index is 12.4. The third kappa shape index (κ3) is 4.00. The minimum atomic E-state index is -4.68. The Morgan fingerprint density at radius 3 is 2.06 bits per heavy atom. The SMILES string of the molecule is NNc1cc(SC(F)(F)F)ccc1C(F)(F)F. The highest BCUT2D eigenvalue weighted by atomic mass is 32.2. The largest absolute Gasteiger partial charge is 0.446 e. The summed E-state index contributed by atoms with van der Waals surface area (Å²) in [5, 5.41) is 0. The Bertz CT molecular complexity index is 400.